The van der Waals surface area contributed by atoms with Crippen molar-refractivity contribution >= 4 is 23.6 Å². The van der Waals surface area contributed by atoms with Crippen LogP contribution in [0.3, 0.4) is 0 Å². The maximum Gasteiger partial charge on any atom is 0.257 e. The highest BCUT2D eigenvalue weighted by Crippen LogP contribution is 2.44. The molecular formula is C23H24FN7O2. The molecule has 1 amide bonds. The number of piperidine rings is 1. The van der Waals surface area contributed by atoms with Crippen LogP contribution in [0.5, 0.6) is 0 Å². The molecule has 0 bridgehead atoms. The normalized spacial score (nSPS) is 24.8. The summed E-state index contributed by atoms with van der Waals surface area (Å²) in [5, 5.41) is 13.4. The molecule has 0 aliphatic carbocycles. The van der Waals surface area contributed by atoms with Crippen LogP contribution in [0.15, 0.2) is 47.3 Å². The molecule has 3 aliphatic heterocycles. The molecule has 1 spiro atoms. The topological polar surface area (TPSA) is 99.1 Å². The van der Waals surface area contributed by atoms with Gasteiger partial charge in [0, 0.05) is 45.4 Å². The van der Waals surface area contributed by atoms with E-state index in [1.807, 2.05) is 0 Å². The lowest BCUT2D eigenvalue weighted by molar-refractivity contribution is -0.140. The maximum absolute atomic E-state index is 13.9. The van der Waals surface area contributed by atoms with Gasteiger partial charge in [-0.3, -0.25) is 9.79 Å². The van der Waals surface area contributed by atoms with Gasteiger partial charge in [-0.1, -0.05) is 6.58 Å². The molecule has 2 atom stereocenters. The predicted molar refractivity (Wildman–Crippen MR) is 119 cm³/mol. The van der Waals surface area contributed by atoms with E-state index in [2.05, 4.69) is 32.6 Å². The first-order valence-electron chi connectivity index (χ1n) is 10.9. The fourth-order valence-electron chi connectivity index (χ4n) is 5.13. The van der Waals surface area contributed by atoms with Crippen LogP contribution in [0.4, 0.5) is 10.2 Å². The number of carbonyl (C=O) groups is 1. The number of hydrogen-bond acceptors (Lipinski definition) is 7. The monoisotopic (exact) mass is 449 g/mol. The molecule has 9 nitrogen and oxygen atoms in total. The zero-order chi connectivity index (χ0) is 23.2. The number of amides is 1. The molecule has 2 aromatic heterocycles. The predicted octanol–water partition coefficient (Wildman–Crippen LogP) is 2.26. The Morgan fingerprint density at radius 3 is 2.94 bits per heavy atom. The first-order chi connectivity index (χ1) is 16.0. The third-order valence-electron chi connectivity index (χ3n) is 6.72. The fourth-order valence-corrected chi connectivity index (χ4v) is 5.13. The minimum Gasteiger partial charge on any atom is -0.356 e. The summed E-state index contributed by atoms with van der Waals surface area (Å²) < 4.78 is 21.7. The molecule has 33 heavy (non-hydrogen) atoms. The molecule has 3 aliphatic rings. The van der Waals surface area contributed by atoms with E-state index in [1.54, 1.807) is 30.3 Å². The van der Waals surface area contributed by atoms with E-state index in [0.29, 0.717) is 37.1 Å². The van der Waals surface area contributed by atoms with Crippen LogP contribution in [-0.4, -0.2) is 69.6 Å². The molecule has 2 aromatic rings. The standard InChI is InChI=1S/C23H24FN7O2/c1-15(11-16(12-25)13-26-2)18-3-4-20-30(18)22(32)23(33-20)6-9-29(10-7-23)19-5-8-27-21-17(24)14-28-31(19)21/h5,8,11,13-14,18,20H,1,3-4,6-7,9-10H2,2H3/b16-11-,26-13-/t18-,20+/m0/s1. The number of aromatic nitrogens is 3. The maximum atomic E-state index is 13.9. The zero-order valence-corrected chi connectivity index (χ0v) is 18.3. The van der Waals surface area contributed by atoms with Gasteiger partial charge >= 0.3 is 0 Å². The number of hydrogen-bond donors (Lipinski definition) is 0. The van der Waals surface area contributed by atoms with Gasteiger partial charge in [-0.15, -0.1) is 0 Å². The van der Waals surface area contributed by atoms with Gasteiger partial charge in [0.05, 0.1) is 17.8 Å². The van der Waals surface area contributed by atoms with Crippen LogP contribution in [-0.2, 0) is 9.53 Å². The zero-order valence-electron chi connectivity index (χ0n) is 18.3. The third kappa shape index (κ3) is 3.40. The van der Waals surface area contributed by atoms with E-state index < -0.39 is 11.4 Å². The Morgan fingerprint density at radius 1 is 1.42 bits per heavy atom. The number of allylic oxidation sites excluding steroid dienone is 1. The Morgan fingerprint density at radius 2 is 2.21 bits per heavy atom. The van der Waals surface area contributed by atoms with Gasteiger partial charge in [0.1, 0.15) is 18.1 Å². The summed E-state index contributed by atoms with van der Waals surface area (Å²) in [5.41, 5.74) is 0.426. The molecule has 10 heteroatoms. The lowest BCUT2D eigenvalue weighted by Gasteiger charge is -2.38. The fraction of sp³-hybridized carbons (Fsp3) is 0.435. The summed E-state index contributed by atoms with van der Waals surface area (Å²) in [6.07, 6.45) is 8.14. The summed E-state index contributed by atoms with van der Waals surface area (Å²) in [4.78, 5) is 25.4. The van der Waals surface area contributed by atoms with E-state index in [1.165, 1.54) is 10.7 Å². The first kappa shape index (κ1) is 21.3. The van der Waals surface area contributed by atoms with Crippen LogP contribution in [0.25, 0.3) is 5.65 Å². The number of halogens is 1. The number of rotatable bonds is 4. The van der Waals surface area contributed by atoms with E-state index in [4.69, 9.17) is 4.74 Å². The highest BCUT2D eigenvalue weighted by Gasteiger charge is 2.58. The van der Waals surface area contributed by atoms with E-state index in [0.717, 1.165) is 24.9 Å². The Hall–Kier alpha value is -3.58. The highest BCUT2D eigenvalue weighted by atomic mass is 19.1. The van der Waals surface area contributed by atoms with Gasteiger partial charge in [-0.25, -0.2) is 9.37 Å². The SMILES string of the molecule is C=C(/C=C(C#N)\C=N/C)[C@@H]1CC[C@H]2OC3(CCN(c4ccnc5c(F)cnn45)CC3)C(=O)N21. The molecule has 3 fully saturated rings. The molecule has 3 saturated heterocycles. The van der Waals surface area contributed by atoms with Crippen molar-refractivity contribution in [1.29, 1.82) is 5.26 Å². The Balaban J connectivity index is 1.33. The Bertz CT molecular complexity index is 1220. The highest BCUT2D eigenvalue weighted by molar-refractivity contribution is 5.89. The van der Waals surface area contributed by atoms with E-state index in [9.17, 15) is 14.4 Å². The minimum atomic E-state index is -0.867. The smallest absolute Gasteiger partial charge is 0.257 e. The van der Waals surface area contributed by atoms with Gasteiger partial charge in [-0.2, -0.15) is 14.9 Å². The molecule has 0 radical (unpaired) electrons. The number of nitriles is 1. The average molecular weight is 449 g/mol. The lowest BCUT2D eigenvalue weighted by Crippen LogP contribution is -2.51. The molecular weight excluding hydrogens is 425 g/mol. The number of carbonyl (C=O) groups excluding carboxylic acids is 1. The Kier molecular flexibility index (Phi) is 5.21. The summed E-state index contributed by atoms with van der Waals surface area (Å²) in [6, 6.07) is 3.70. The van der Waals surface area contributed by atoms with Gasteiger partial charge < -0.3 is 14.5 Å². The van der Waals surface area contributed by atoms with E-state index >= 15 is 0 Å². The molecule has 5 rings (SSSR count). The summed E-state index contributed by atoms with van der Waals surface area (Å²) in [7, 11) is 1.60. The van der Waals surface area contributed by atoms with Crippen molar-refractivity contribution in [3.8, 4) is 6.07 Å². The minimum absolute atomic E-state index is 0.0168. The summed E-state index contributed by atoms with van der Waals surface area (Å²) in [5.74, 6) is 0.255. The van der Waals surface area contributed by atoms with Crippen LogP contribution >= 0.6 is 0 Å². The molecule has 0 N–H and O–H groups in total. The first-order valence-corrected chi connectivity index (χ1v) is 10.9. The van der Waals surface area contributed by atoms with Crippen molar-refractivity contribution < 1.29 is 13.9 Å². The quantitative estimate of drug-likeness (QED) is 0.403. The van der Waals surface area contributed by atoms with Crippen molar-refractivity contribution in [1.82, 2.24) is 19.5 Å². The largest absolute Gasteiger partial charge is 0.356 e. The second kappa shape index (κ2) is 8.08. The molecule has 0 saturated carbocycles. The average Bonchev–Trinajstić information content (AvgIpc) is 3.48. The summed E-state index contributed by atoms with van der Waals surface area (Å²) in [6.45, 7) is 5.27. The lowest BCUT2D eigenvalue weighted by atomic mass is 9.89. The van der Waals surface area contributed by atoms with Crippen molar-refractivity contribution in [2.24, 2.45) is 4.99 Å². The third-order valence-corrected chi connectivity index (χ3v) is 6.72. The second-order valence-corrected chi connectivity index (χ2v) is 8.56. The van der Waals surface area contributed by atoms with Crippen molar-refractivity contribution in [3.63, 3.8) is 0 Å². The van der Waals surface area contributed by atoms with Crippen LogP contribution in [0.1, 0.15) is 25.7 Å². The summed E-state index contributed by atoms with van der Waals surface area (Å²) >= 11 is 0. The number of fused-ring (bicyclic) bond motifs is 2. The second-order valence-electron chi connectivity index (χ2n) is 8.56. The van der Waals surface area contributed by atoms with Crippen LogP contribution in [0, 0.1) is 17.1 Å². The molecule has 0 aromatic carbocycles. The van der Waals surface area contributed by atoms with E-state index in [-0.39, 0.29) is 23.8 Å². The number of nitrogens with zero attached hydrogens (tertiary/aromatic N) is 7. The van der Waals surface area contributed by atoms with Crippen molar-refractivity contribution in [2.75, 3.05) is 25.0 Å². The van der Waals surface area contributed by atoms with Gasteiger partial charge in [-0.05, 0) is 30.6 Å². The molecule has 5 heterocycles. The van der Waals surface area contributed by atoms with Crippen molar-refractivity contribution in [2.45, 2.75) is 43.6 Å². The van der Waals surface area contributed by atoms with Crippen LogP contribution < -0.4 is 4.90 Å². The van der Waals surface area contributed by atoms with Gasteiger partial charge in [0.15, 0.2) is 17.1 Å². The van der Waals surface area contributed by atoms with Gasteiger partial charge in [0.2, 0.25) is 0 Å². The van der Waals surface area contributed by atoms with Gasteiger partial charge in [0.25, 0.3) is 5.91 Å². The number of anilines is 1. The molecule has 0 unspecified atom stereocenters. The number of ether oxygens (including phenoxy) is 1. The number of aliphatic imine (C=N–C) groups is 1. The van der Waals surface area contributed by atoms with Crippen LogP contribution in [0.2, 0.25) is 0 Å². The van der Waals surface area contributed by atoms with Crippen molar-refractivity contribution in [3.05, 3.63) is 48.1 Å². The Labute approximate surface area is 190 Å². The molecule has 170 valence electrons.